The zero-order valence-electron chi connectivity index (χ0n) is 13.8. The van der Waals surface area contributed by atoms with Crippen LogP contribution in [-0.2, 0) is 10.3 Å². The summed E-state index contributed by atoms with van der Waals surface area (Å²) in [5.41, 5.74) is -0.878. The first-order valence-electron chi connectivity index (χ1n) is 8.40. The van der Waals surface area contributed by atoms with Crippen molar-refractivity contribution in [3.8, 4) is 0 Å². The van der Waals surface area contributed by atoms with Gasteiger partial charge in [0.05, 0.1) is 12.6 Å². The van der Waals surface area contributed by atoms with Gasteiger partial charge in [-0.15, -0.1) is 11.3 Å². The van der Waals surface area contributed by atoms with Gasteiger partial charge in [0.1, 0.15) is 5.60 Å². The van der Waals surface area contributed by atoms with E-state index in [1.54, 1.807) is 6.92 Å². The Morgan fingerprint density at radius 3 is 2.91 bits per heavy atom. The van der Waals surface area contributed by atoms with Crippen LogP contribution in [0.15, 0.2) is 17.5 Å². The number of nitrogens with one attached hydrogen (secondary N) is 2. The summed E-state index contributed by atoms with van der Waals surface area (Å²) in [6, 6.07) is 3.77. The van der Waals surface area contributed by atoms with Crippen molar-refractivity contribution in [1.29, 1.82) is 0 Å². The first-order chi connectivity index (χ1) is 11.0. The van der Waals surface area contributed by atoms with Crippen LogP contribution in [-0.4, -0.2) is 36.4 Å². The predicted octanol–water partition coefficient (Wildman–Crippen LogP) is 2.60. The Bertz CT molecular complexity index is 540. The van der Waals surface area contributed by atoms with E-state index in [2.05, 4.69) is 10.6 Å². The van der Waals surface area contributed by atoms with Gasteiger partial charge in [-0.2, -0.15) is 0 Å². The van der Waals surface area contributed by atoms with Gasteiger partial charge in [-0.3, -0.25) is 0 Å². The quantitative estimate of drug-likeness (QED) is 0.747. The smallest absolute Gasteiger partial charge is 0.315 e. The van der Waals surface area contributed by atoms with Gasteiger partial charge in [0.2, 0.25) is 0 Å². The highest BCUT2D eigenvalue weighted by atomic mass is 32.1. The monoisotopic (exact) mass is 338 g/mol. The summed E-state index contributed by atoms with van der Waals surface area (Å²) in [5.74, 6) is 0. The Morgan fingerprint density at radius 1 is 1.57 bits per heavy atom. The third-order valence-electron chi connectivity index (χ3n) is 5.39. The minimum absolute atomic E-state index is 0.156. The fraction of sp³-hybridized carbons (Fsp3) is 0.706. The van der Waals surface area contributed by atoms with Crippen molar-refractivity contribution in [1.82, 2.24) is 10.6 Å². The third-order valence-corrected chi connectivity index (χ3v) is 6.51. The molecule has 2 fully saturated rings. The molecule has 1 heterocycles. The van der Waals surface area contributed by atoms with Crippen molar-refractivity contribution >= 4 is 17.4 Å². The molecule has 3 rings (SSSR count). The standard InChI is InChI=1S/C17H26N2O3S/c1-3-22-13-10-12(17(13)7-5-8-17)19-15(20)18-11-16(2,21)14-6-4-9-23-14/h4,6,9,12-13,21H,3,5,7-8,10-11H2,1-2H3,(H2,18,19,20). The maximum absolute atomic E-state index is 12.2. The van der Waals surface area contributed by atoms with E-state index in [4.69, 9.17) is 4.74 Å². The molecule has 2 amide bonds. The molecule has 2 saturated carbocycles. The summed E-state index contributed by atoms with van der Waals surface area (Å²) in [7, 11) is 0. The molecule has 0 aliphatic heterocycles. The largest absolute Gasteiger partial charge is 0.383 e. The number of carbonyl (C=O) groups excluding carboxylic acids is 1. The first-order valence-corrected chi connectivity index (χ1v) is 9.28. The van der Waals surface area contributed by atoms with Crippen LogP contribution in [0.25, 0.3) is 0 Å². The molecule has 3 N–H and O–H groups in total. The molecule has 1 aromatic rings. The van der Waals surface area contributed by atoms with Gasteiger partial charge in [0.25, 0.3) is 0 Å². The summed E-state index contributed by atoms with van der Waals surface area (Å²) in [4.78, 5) is 13.0. The first kappa shape index (κ1) is 16.7. The number of aliphatic hydroxyl groups is 1. The molecule has 0 bridgehead atoms. The number of thiophene rings is 1. The molecule has 0 saturated heterocycles. The number of urea groups is 1. The van der Waals surface area contributed by atoms with E-state index in [0.717, 1.165) is 30.7 Å². The Kier molecular flexibility index (Phi) is 4.67. The number of ether oxygens (including phenoxy) is 1. The van der Waals surface area contributed by atoms with Crippen molar-refractivity contribution in [2.24, 2.45) is 5.41 Å². The van der Waals surface area contributed by atoms with E-state index in [0.29, 0.717) is 6.10 Å². The van der Waals surface area contributed by atoms with Crippen LogP contribution in [0.3, 0.4) is 0 Å². The topological polar surface area (TPSA) is 70.6 Å². The van der Waals surface area contributed by atoms with Crippen LogP contribution in [0.2, 0.25) is 0 Å². The highest BCUT2D eigenvalue weighted by molar-refractivity contribution is 7.10. The molecule has 2 aliphatic rings. The lowest BCUT2D eigenvalue weighted by Gasteiger charge is -2.60. The van der Waals surface area contributed by atoms with Crippen LogP contribution in [0.1, 0.15) is 44.4 Å². The van der Waals surface area contributed by atoms with E-state index >= 15 is 0 Å². The van der Waals surface area contributed by atoms with Gasteiger partial charge in [-0.1, -0.05) is 12.5 Å². The summed E-state index contributed by atoms with van der Waals surface area (Å²) < 4.78 is 5.80. The molecule has 6 heteroatoms. The molecular formula is C17H26N2O3S. The molecule has 23 heavy (non-hydrogen) atoms. The van der Waals surface area contributed by atoms with Crippen molar-refractivity contribution in [3.05, 3.63) is 22.4 Å². The van der Waals surface area contributed by atoms with Crippen LogP contribution in [0, 0.1) is 5.41 Å². The summed E-state index contributed by atoms with van der Waals surface area (Å²) in [6.45, 7) is 4.68. The Morgan fingerprint density at radius 2 is 2.35 bits per heavy atom. The van der Waals surface area contributed by atoms with Gasteiger partial charge in [-0.05, 0) is 44.6 Å². The molecule has 1 spiro atoms. The van der Waals surface area contributed by atoms with E-state index in [1.807, 2.05) is 24.4 Å². The zero-order chi connectivity index (χ0) is 16.5. The number of hydrogen-bond acceptors (Lipinski definition) is 4. The fourth-order valence-electron chi connectivity index (χ4n) is 3.77. The molecule has 2 aliphatic carbocycles. The van der Waals surface area contributed by atoms with E-state index < -0.39 is 5.60 Å². The van der Waals surface area contributed by atoms with E-state index in [1.165, 1.54) is 17.8 Å². The van der Waals surface area contributed by atoms with Crippen LogP contribution < -0.4 is 10.6 Å². The average Bonchev–Trinajstić information content (AvgIpc) is 2.97. The minimum atomic E-state index is -1.03. The molecule has 128 valence electrons. The molecule has 1 aromatic heterocycles. The zero-order valence-corrected chi connectivity index (χ0v) is 14.6. The SMILES string of the molecule is CCOC1CC(NC(=O)NCC(C)(O)c2cccs2)C12CCC2. The summed E-state index contributed by atoms with van der Waals surface area (Å²) in [5, 5.41) is 18.3. The van der Waals surface area contributed by atoms with Crippen LogP contribution in [0.5, 0.6) is 0 Å². The lowest BCUT2D eigenvalue weighted by atomic mass is 9.51. The van der Waals surface area contributed by atoms with Crippen molar-refractivity contribution < 1.29 is 14.6 Å². The second-order valence-electron chi connectivity index (χ2n) is 6.90. The molecule has 5 nitrogen and oxygen atoms in total. The number of carbonyl (C=O) groups is 1. The Hall–Kier alpha value is -1.11. The minimum Gasteiger partial charge on any atom is -0.383 e. The Labute approximate surface area is 141 Å². The maximum Gasteiger partial charge on any atom is 0.315 e. The van der Waals surface area contributed by atoms with E-state index in [9.17, 15) is 9.90 Å². The van der Waals surface area contributed by atoms with Crippen molar-refractivity contribution in [2.45, 2.75) is 57.3 Å². The molecule has 0 radical (unpaired) electrons. The normalized spacial score (nSPS) is 27.6. The van der Waals surface area contributed by atoms with Gasteiger partial charge in [0.15, 0.2) is 0 Å². The third kappa shape index (κ3) is 3.12. The maximum atomic E-state index is 12.2. The second kappa shape index (κ2) is 6.42. The molecule has 3 unspecified atom stereocenters. The molecular weight excluding hydrogens is 312 g/mol. The number of hydrogen-bond donors (Lipinski definition) is 3. The number of amides is 2. The summed E-state index contributed by atoms with van der Waals surface area (Å²) in [6.07, 6.45) is 4.67. The van der Waals surface area contributed by atoms with Crippen LogP contribution in [0.4, 0.5) is 4.79 Å². The Balaban J connectivity index is 1.49. The van der Waals surface area contributed by atoms with Crippen molar-refractivity contribution in [3.63, 3.8) is 0 Å². The van der Waals surface area contributed by atoms with Crippen LogP contribution >= 0.6 is 11.3 Å². The van der Waals surface area contributed by atoms with Gasteiger partial charge in [0, 0.05) is 22.9 Å². The average molecular weight is 338 g/mol. The fourth-order valence-corrected chi connectivity index (χ4v) is 4.56. The highest BCUT2D eigenvalue weighted by Gasteiger charge is 2.59. The molecule has 0 aromatic carbocycles. The van der Waals surface area contributed by atoms with Gasteiger partial charge < -0.3 is 20.5 Å². The van der Waals surface area contributed by atoms with Gasteiger partial charge in [-0.25, -0.2) is 4.79 Å². The van der Waals surface area contributed by atoms with Gasteiger partial charge >= 0.3 is 6.03 Å². The lowest BCUT2D eigenvalue weighted by Crippen LogP contribution is -2.68. The predicted molar refractivity (Wildman–Crippen MR) is 90.5 cm³/mol. The lowest BCUT2D eigenvalue weighted by molar-refractivity contribution is -0.169. The van der Waals surface area contributed by atoms with E-state index in [-0.39, 0.29) is 24.0 Å². The highest BCUT2D eigenvalue weighted by Crippen LogP contribution is 2.57. The molecule has 3 atom stereocenters. The number of rotatable bonds is 6. The van der Waals surface area contributed by atoms with Crippen molar-refractivity contribution in [2.75, 3.05) is 13.2 Å². The second-order valence-corrected chi connectivity index (χ2v) is 7.84. The summed E-state index contributed by atoms with van der Waals surface area (Å²) >= 11 is 1.49.